The predicted octanol–water partition coefficient (Wildman–Crippen LogP) is 4.10. The van der Waals surface area contributed by atoms with Crippen LogP contribution < -0.4 is 15.6 Å². The number of thiazole rings is 1. The van der Waals surface area contributed by atoms with Crippen LogP contribution in [-0.2, 0) is 6.61 Å². The van der Waals surface area contributed by atoms with E-state index in [0.29, 0.717) is 26.4 Å². The first-order chi connectivity index (χ1) is 13.0. The highest BCUT2D eigenvalue weighted by Crippen LogP contribution is 2.24. The van der Waals surface area contributed by atoms with Gasteiger partial charge in [-0.1, -0.05) is 35.3 Å². The molecule has 3 rings (SSSR count). The molecule has 0 atom stereocenters. The summed E-state index contributed by atoms with van der Waals surface area (Å²) >= 11 is 13.1. The van der Waals surface area contributed by atoms with E-state index in [-0.39, 0.29) is 12.3 Å². The number of ether oxygens (including phenoxy) is 1. The molecule has 1 aromatic heterocycles. The van der Waals surface area contributed by atoms with Crippen LogP contribution in [0.5, 0.6) is 5.75 Å². The summed E-state index contributed by atoms with van der Waals surface area (Å²) in [7, 11) is 0. The third-order valence-electron chi connectivity index (χ3n) is 3.37. The number of hydrogen-bond donors (Lipinski definition) is 2. The second-order valence-electron chi connectivity index (χ2n) is 5.26. The van der Waals surface area contributed by atoms with Gasteiger partial charge in [0.25, 0.3) is 11.8 Å². The predicted molar refractivity (Wildman–Crippen MR) is 104 cm³/mol. The van der Waals surface area contributed by atoms with Crippen LogP contribution in [0.15, 0.2) is 53.9 Å². The summed E-state index contributed by atoms with van der Waals surface area (Å²) in [5.41, 5.74) is 5.19. The number of amides is 2. The number of aromatic nitrogens is 1. The van der Waals surface area contributed by atoms with Gasteiger partial charge in [-0.05, 0) is 36.4 Å². The molecule has 0 aliphatic carbocycles. The first-order valence-electron chi connectivity index (χ1n) is 7.71. The van der Waals surface area contributed by atoms with E-state index in [4.69, 9.17) is 27.9 Å². The van der Waals surface area contributed by atoms with Gasteiger partial charge in [0, 0.05) is 16.0 Å². The van der Waals surface area contributed by atoms with Crippen molar-refractivity contribution < 1.29 is 14.3 Å². The Kier molecular flexibility index (Phi) is 6.28. The largest absolute Gasteiger partial charge is 0.485 e. The van der Waals surface area contributed by atoms with E-state index >= 15 is 0 Å². The Balaban J connectivity index is 1.53. The number of rotatable bonds is 5. The molecule has 1 heterocycles. The maximum Gasteiger partial charge on any atom is 0.289 e. The van der Waals surface area contributed by atoms with Crippen molar-refractivity contribution in [2.24, 2.45) is 0 Å². The van der Waals surface area contributed by atoms with Crippen LogP contribution in [-0.4, -0.2) is 16.8 Å². The minimum absolute atomic E-state index is 0.175. The molecule has 27 heavy (non-hydrogen) atoms. The summed E-state index contributed by atoms with van der Waals surface area (Å²) < 4.78 is 5.59. The van der Waals surface area contributed by atoms with Gasteiger partial charge in [-0.25, -0.2) is 4.98 Å². The van der Waals surface area contributed by atoms with Gasteiger partial charge in [0.05, 0.1) is 5.02 Å². The average Bonchev–Trinajstić information content (AvgIpc) is 3.15. The number of para-hydroxylation sites is 1. The van der Waals surface area contributed by atoms with E-state index in [0.717, 1.165) is 0 Å². The number of hydrazine groups is 1. The first-order valence-corrected chi connectivity index (χ1v) is 9.34. The number of hydrogen-bond acceptors (Lipinski definition) is 5. The minimum atomic E-state index is -0.530. The van der Waals surface area contributed by atoms with Crippen LogP contribution in [0, 0.1) is 0 Å². The summed E-state index contributed by atoms with van der Waals surface area (Å²) in [5, 5.41) is 3.19. The number of nitrogens with one attached hydrogen (secondary N) is 2. The van der Waals surface area contributed by atoms with Gasteiger partial charge >= 0.3 is 0 Å². The molecule has 0 bridgehead atoms. The topological polar surface area (TPSA) is 80.3 Å². The Hall–Kier alpha value is -2.61. The maximum absolute atomic E-state index is 12.1. The molecule has 6 nitrogen and oxygen atoms in total. The zero-order valence-corrected chi connectivity index (χ0v) is 16.1. The van der Waals surface area contributed by atoms with E-state index in [1.807, 2.05) is 6.07 Å². The lowest BCUT2D eigenvalue weighted by molar-refractivity contribution is 0.0844. The standard InChI is InChI=1S/C18H13Cl2N3O3S/c19-12-7-5-11(6-8-12)17(24)22-23-18(25)14-10-27-16(21-14)9-26-15-4-2-1-3-13(15)20/h1-8,10H,9H2,(H,22,24)(H,23,25). The van der Waals surface area contributed by atoms with Crippen molar-refractivity contribution >= 4 is 46.4 Å². The van der Waals surface area contributed by atoms with Crippen molar-refractivity contribution in [1.29, 1.82) is 0 Å². The van der Waals surface area contributed by atoms with Gasteiger partial charge < -0.3 is 4.74 Å². The van der Waals surface area contributed by atoms with Crippen LogP contribution in [0.2, 0.25) is 10.0 Å². The molecule has 9 heteroatoms. The fraction of sp³-hybridized carbons (Fsp3) is 0.0556. The fourth-order valence-electron chi connectivity index (χ4n) is 2.03. The normalized spacial score (nSPS) is 10.3. The maximum atomic E-state index is 12.1. The summed E-state index contributed by atoms with van der Waals surface area (Å²) in [4.78, 5) is 28.3. The summed E-state index contributed by atoms with van der Waals surface area (Å²) in [6.45, 7) is 0.179. The molecule has 138 valence electrons. The van der Waals surface area contributed by atoms with Crippen molar-refractivity contribution in [3.05, 3.63) is 80.2 Å². The average molecular weight is 422 g/mol. The molecule has 0 fully saturated rings. The molecule has 3 aromatic rings. The van der Waals surface area contributed by atoms with E-state index in [2.05, 4.69) is 15.8 Å². The molecular weight excluding hydrogens is 409 g/mol. The van der Waals surface area contributed by atoms with Crippen LogP contribution in [0.4, 0.5) is 0 Å². The van der Waals surface area contributed by atoms with Gasteiger partial charge in [-0.3, -0.25) is 20.4 Å². The molecular formula is C18H13Cl2N3O3S. The Morgan fingerprint density at radius 1 is 1.00 bits per heavy atom. The lowest BCUT2D eigenvalue weighted by Crippen LogP contribution is -2.41. The number of benzene rings is 2. The zero-order chi connectivity index (χ0) is 19.2. The molecule has 2 amide bonds. The number of nitrogens with zero attached hydrogens (tertiary/aromatic N) is 1. The van der Waals surface area contributed by atoms with Crippen molar-refractivity contribution in [3.8, 4) is 5.75 Å². The molecule has 0 unspecified atom stereocenters. The lowest BCUT2D eigenvalue weighted by Gasteiger charge is -2.06. The van der Waals surface area contributed by atoms with Crippen molar-refractivity contribution in [2.75, 3.05) is 0 Å². The summed E-state index contributed by atoms with van der Waals surface area (Å²) in [5.74, 6) is -0.453. The molecule has 0 aliphatic rings. The van der Waals surface area contributed by atoms with Gasteiger partial charge in [0.1, 0.15) is 23.1 Å². The zero-order valence-electron chi connectivity index (χ0n) is 13.7. The van der Waals surface area contributed by atoms with Crippen LogP contribution >= 0.6 is 34.5 Å². The van der Waals surface area contributed by atoms with Crippen molar-refractivity contribution in [3.63, 3.8) is 0 Å². The third-order valence-corrected chi connectivity index (χ3v) is 4.75. The Morgan fingerprint density at radius 2 is 1.70 bits per heavy atom. The molecule has 2 N–H and O–H groups in total. The SMILES string of the molecule is O=C(NNC(=O)c1csc(COc2ccccc2Cl)n1)c1ccc(Cl)cc1. The van der Waals surface area contributed by atoms with Crippen molar-refractivity contribution in [1.82, 2.24) is 15.8 Å². The number of carbonyl (C=O) groups is 2. The van der Waals surface area contributed by atoms with Crippen LogP contribution in [0.3, 0.4) is 0 Å². The van der Waals surface area contributed by atoms with Gasteiger partial charge in [0.2, 0.25) is 0 Å². The van der Waals surface area contributed by atoms with Gasteiger partial charge in [0.15, 0.2) is 0 Å². The highest BCUT2D eigenvalue weighted by molar-refractivity contribution is 7.09. The Labute approximate surface area is 169 Å². The van der Waals surface area contributed by atoms with Crippen LogP contribution in [0.1, 0.15) is 25.9 Å². The van der Waals surface area contributed by atoms with Crippen LogP contribution in [0.25, 0.3) is 0 Å². The highest BCUT2D eigenvalue weighted by Gasteiger charge is 2.13. The monoisotopic (exact) mass is 421 g/mol. The molecule has 0 spiro atoms. The smallest absolute Gasteiger partial charge is 0.289 e. The fourth-order valence-corrected chi connectivity index (χ4v) is 3.04. The number of carbonyl (C=O) groups excluding carboxylic acids is 2. The lowest BCUT2D eigenvalue weighted by atomic mass is 10.2. The second-order valence-corrected chi connectivity index (χ2v) is 7.05. The number of halogens is 2. The summed E-state index contributed by atoms with van der Waals surface area (Å²) in [6, 6.07) is 13.4. The second kappa shape index (κ2) is 8.85. The minimum Gasteiger partial charge on any atom is -0.485 e. The molecule has 0 radical (unpaired) electrons. The molecule has 0 saturated heterocycles. The summed E-state index contributed by atoms with van der Waals surface area (Å²) in [6.07, 6.45) is 0. The van der Waals surface area contributed by atoms with E-state index in [9.17, 15) is 9.59 Å². The molecule has 0 saturated carbocycles. The van der Waals surface area contributed by atoms with E-state index in [1.165, 1.54) is 11.3 Å². The van der Waals surface area contributed by atoms with Crippen molar-refractivity contribution in [2.45, 2.75) is 6.61 Å². The molecule has 2 aromatic carbocycles. The third kappa shape index (κ3) is 5.19. The highest BCUT2D eigenvalue weighted by atomic mass is 35.5. The Bertz CT molecular complexity index is 960. The Morgan fingerprint density at radius 3 is 2.44 bits per heavy atom. The first kappa shape index (κ1) is 19.2. The van der Waals surface area contributed by atoms with E-state index < -0.39 is 11.8 Å². The van der Waals surface area contributed by atoms with Gasteiger partial charge in [-0.2, -0.15) is 0 Å². The molecule has 0 aliphatic heterocycles. The van der Waals surface area contributed by atoms with Gasteiger partial charge in [-0.15, -0.1) is 11.3 Å². The van der Waals surface area contributed by atoms with E-state index in [1.54, 1.807) is 47.8 Å². The quantitative estimate of drug-likeness (QED) is 0.607.